The minimum absolute atomic E-state index is 0.250. The Morgan fingerprint density at radius 2 is 1.50 bits per heavy atom. The Kier molecular flexibility index (Phi) is 3.63. The first kappa shape index (κ1) is 15.8. The molecule has 1 aromatic heterocycles. The lowest BCUT2D eigenvalue weighted by Gasteiger charge is -2.07. The molecule has 0 saturated carbocycles. The van der Waals surface area contributed by atoms with Crippen LogP contribution in [0, 0.1) is 29.1 Å². The Morgan fingerprint density at radius 1 is 0.917 bits per heavy atom. The standard InChI is InChI=1S/C15H7F5N2O2/c16-9-10(17)12(19)14(13(20)11(9)18)24-15(23)8-4-5-3-6(21)1-2-7(5)22-8/h1-4,22H,21H2. The molecule has 124 valence electrons. The van der Waals surface area contributed by atoms with Crippen molar-refractivity contribution in [3.8, 4) is 5.75 Å². The van der Waals surface area contributed by atoms with E-state index in [0.717, 1.165) is 0 Å². The van der Waals surface area contributed by atoms with Gasteiger partial charge in [0, 0.05) is 16.6 Å². The number of halogens is 5. The lowest BCUT2D eigenvalue weighted by atomic mass is 10.2. The summed E-state index contributed by atoms with van der Waals surface area (Å²) in [4.78, 5) is 14.5. The van der Waals surface area contributed by atoms with Crippen LogP contribution >= 0.6 is 0 Å². The summed E-state index contributed by atoms with van der Waals surface area (Å²) in [6, 6.07) is 5.86. The number of nitrogens with one attached hydrogen (secondary N) is 1. The van der Waals surface area contributed by atoms with Crippen LogP contribution < -0.4 is 10.5 Å². The third kappa shape index (κ3) is 2.43. The molecule has 3 aromatic rings. The summed E-state index contributed by atoms with van der Waals surface area (Å²) in [7, 11) is 0. The first-order valence-electron chi connectivity index (χ1n) is 6.41. The minimum atomic E-state index is -2.34. The number of fused-ring (bicyclic) bond motifs is 1. The SMILES string of the molecule is Nc1ccc2[nH]c(C(=O)Oc3c(F)c(F)c(F)c(F)c3F)cc2c1. The van der Waals surface area contributed by atoms with E-state index < -0.39 is 40.8 Å². The van der Waals surface area contributed by atoms with E-state index in [1.165, 1.54) is 18.2 Å². The van der Waals surface area contributed by atoms with Crippen molar-refractivity contribution in [2.75, 3.05) is 5.73 Å². The van der Waals surface area contributed by atoms with E-state index >= 15 is 0 Å². The first-order chi connectivity index (χ1) is 11.3. The molecule has 9 heteroatoms. The third-order valence-corrected chi connectivity index (χ3v) is 3.23. The van der Waals surface area contributed by atoms with Gasteiger partial charge in [0.05, 0.1) is 0 Å². The molecule has 2 aromatic carbocycles. The summed E-state index contributed by atoms with van der Waals surface area (Å²) < 4.78 is 70.5. The number of carbonyl (C=O) groups is 1. The van der Waals surface area contributed by atoms with E-state index in [1.54, 1.807) is 6.07 Å². The zero-order valence-electron chi connectivity index (χ0n) is 11.6. The van der Waals surface area contributed by atoms with Gasteiger partial charge in [-0.25, -0.2) is 18.0 Å². The number of nitrogen functional groups attached to an aromatic ring is 1. The van der Waals surface area contributed by atoms with Crippen molar-refractivity contribution >= 4 is 22.6 Å². The summed E-state index contributed by atoms with van der Waals surface area (Å²) >= 11 is 0. The highest BCUT2D eigenvalue weighted by Crippen LogP contribution is 2.30. The second-order valence-corrected chi connectivity index (χ2v) is 4.82. The highest BCUT2D eigenvalue weighted by Gasteiger charge is 2.29. The summed E-state index contributed by atoms with van der Waals surface area (Å²) in [5.74, 6) is -14.2. The van der Waals surface area contributed by atoms with Crippen molar-refractivity contribution in [3.63, 3.8) is 0 Å². The molecule has 0 radical (unpaired) electrons. The van der Waals surface area contributed by atoms with Gasteiger partial charge < -0.3 is 15.5 Å². The van der Waals surface area contributed by atoms with E-state index in [1.807, 2.05) is 0 Å². The van der Waals surface area contributed by atoms with Gasteiger partial charge in [0.2, 0.25) is 34.8 Å². The number of anilines is 1. The number of aromatic nitrogens is 1. The Bertz CT molecular complexity index is 955. The molecule has 0 amide bonds. The third-order valence-electron chi connectivity index (χ3n) is 3.23. The summed E-state index contributed by atoms with van der Waals surface area (Å²) in [6.45, 7) is 0. The number of esters is 1. The summed E-state index contributed by atoms with van der Waals surface area (Å²) in [5.41, 5.74) is 6.19. The molecule has 3 N–H and O–H groups in total. The van der Waals surface area contributed by atoms with Crippen molar-refractivity contribution in [2.24, 2.45) is 0 Å². The molecule has 3 rings (SSSR count). The van der Waals surface area contributed by atoms with Crippen molar-refractivity contribution in [3.05, 3.63) is 59.0 Å². The van der Waals surface area contributed by atoms with Crippen molar-refractivity contribution in [2.45, 2.75) is 0 Å². The van der Waals surface area contributed by atoms with Crippen LogP contribution in [-0.4, -0.2) is 11.0 Å². The van der Waals surface area contributed by atoms with Gasteiger partial charge in [-0.2, -0.15) is 8.78 Å². The van der Waals surface area contributed by atoms with E-state index in [4.69, 9.17) is 5.73 Å². The van der Waals surface area contributed by atoms with Gasteiger partial charge in [0.1, 0.15) is 5.69 Å². The van der Waals surface area contributed by atoms with Crippen LogP contribution in [0.25, 0.3) is 10.9 Å². The molecule has 0 spiro atoms. The molecular formula is C15H7F5N2O2. The Hall–Kier alpha value is -3.10. The van der Waals surface area contributed by atoms with Gasteiger partial charge in [-0.3, -0.25) is 0 Å². The Labute approximate surface area is 130 Å². The largest absolute Gasteiger partial charge is 0.415 e. The fourth-order valence-corrected chi connectivity index (χ4v) is 2.08. The molecule has 0 bridgehead atoms. The molecule has 0 fully saturated rings. The smallest absolute Gasteiger partial charge is 0.360 e. The van der Waals surface area contributed by atoms with Gasteiger partial charge in [-0.05, 0) is 24.3 Å². The molecule has 0 aliphatic rings. The number of benzene rings is 2. The summed E-state index contributed by atoms with van der Waals surface area (Å²) in [6.07, 6.45) is 0. The topological polar surface area (TPSA) is 68.1 Å². The number of ether oxygens (including phenoxy) is 1. The van der Waals surface area contributed by atoms with Crippen LogP contribution in [0.15, 0.2) is 24.3 Å². The van der Waals surface area contributed by atoms with Crippen LogP contribution in [0.3, 0.4) is 0 Å². The molecule has 24 heavy (non-hydrogen) atoms. The van der Waals surface area contributed by atoms with Crippen molar-refractivity contribution in [1.29, 1.82) is 0 Å². The number of nitrogens with two attached hydrogens (primary N) is 1. The lowest BCUT2D eigenvalue weighted by molar-refractivity contribution is 0.0711. The number of hydrogen-bond donors (Lipinski definition) is 2. The van der Waals surface area contributed by atoms with Gasteiger partial charge in [0.25, 0.3) is 0 Å². The summed E-state index contributed by atoms with van der Waals surface area (Å²) in [5, 5.41) is 0.499. The van der Waals surface area contributed by atoms with Gasteiger partial charge >= 0.3 is 5.97 Å². The van der Waals surface area contributed by atoms with Crippen molar-refractivity contribution in [1.82, 2.24) is 4.98 Å². The zero-order valence-corrected chi connectivity index (χ0v) is 11.6. The quantitative estimate of drug-likeness (QED) is 0.186. The predicted molar refractivity (Wildman–Crippen MR) is 73.9 cm³/mol. The zero-order chi connectivity index (χ0) is 17.6. The molecular weight excluding hydrogens is 335 g/mol. The van der Waals surface area contributed by atoms with Crippen LogP contribution in [0.1, 0.15) is 10.5 Å². The maximum absolute atomic E-state index is 13.5. The van der Waals surface area contributed by atoms with E-state index in [9.17, 15) is 26.7 Å². The van der Waals surface area contributed by atoms with E-state index in [0.29, 0.717) is 16.6 Å². The highest BCUT2D eigenvalue weighted by atomic mass is 19.2. The van der Waals surface area contributed by atoms with Crippen LogP contribution in [0.5, 0.6) is 5.75 Å². The monoisotopic (exact) mass is 342 g/mol. The molecule has 4 nitrogen and oxygen atoms in total. The normalized spacial score (nSPS) is 11.0. The maximum Gasteiger partial charge on any atom is 0.360 e. The number of H-pyrrole nitrogens is 1. The number of carbonyl (C=O) groups excluding carboxylic acids is 1. The number of aromatic amines is 1. The van der Waals surface area contributed by atoms with Crippen LogP contribution in [0.2, 0.25) is 0 Å². The predicted octanol–water partition coefficient (Wildman–Crippen LogP) is 3.66. The van der Waals surface area contributed by atoms with Crippen LogP contribution in [0.4, 0.5) is 27.6 Å². The Balaban J connectivity index is 2.00. The van der Waals surface area contributed by atoms with Gasteiger partial charge in [-0.1, -0.05) is 0 Å². The number of rotatable bonds is 2. The second-order valence-electron chi connectivity index (χ2n) is 4.82. The molecule has 0 aliphatic carbocycles. The van der Waals surface area contributed by atoms with Gasteiger partial charge in [0.15, 0.2) is 0 Å². The Morgan fingerprint density at radius 3 is 2.12 bits per heavy atom. The van der Waals surface area contributed by atoms with Crippen LogP contribution in [-0.2, 0) is 0 Å². The molecule has 0 aliphatic heterocycles. The average Bonchev–Trinajstić information content (AvgIpc) is 2.98. The molecule has 0 atom stereocenters. The molecule has 1 heterocycles. The second kappa shape index (κ2) is 5.52. The lowest BCUT2D eigenvalue weighted by Crippen LogP contribution is -2.14. The fourth-order valence-electron chi connectivity index (χ4n) is 2.08. The molecule has 0 saturated heterocycles. The van der Waals surface area contributed by atoms with Gasteiger partial charge in [-0.15, -0.1) is 0 Å². The van der Waals surface area contributed by atoms with Crippen molar-refractivity contribution < 1.29 is 31.5 Å². The molecule has 0 unspecified atom stereocenters. The van der Waals surface area contributed by atoms with E-state index in [-0.39, 0.29) is 5.69 Å². The number of hydrogen-bond acceptors (Lipinski definition) is 3. The van der Waals surface area contributed by atoms with E-state index in [2.05, 4.69) is 9.72 Å². The average molecular weight is 342 g/mol. The minimum Gasteiger partial charge on any atom is -0.415 e. The maximum atomic E-state index is 13.5. The fraction of sp³-hybridized carbons (Fsp3) is 0. The first-order valence-corrected chi connectivity index (χ1v) is 6.41. The highest BCUT2D eigenvalue weighted by molar-refractivity contribution is 5.96.